The van der Waals surface area contributed by atoms with Crippen molar-refractivity contribution in [2.24, 2.45) is 0 Å². The Labute approximate surface area is 86.3 Å². The summed E-state index contributed by atoms with van der Waals surface area (Å²) in [5.74, 6) is 0. The molecule has 0 saturated heterocycles. The molecule has 0 saturated carbocycles. The molecule has 2 N–H and O–H groups in total. The van der Waals surface area contributed by atoms with Gasteiger partial charge in [0.05, 0.1) is 4.92 Å². The quantitative estimate of drug-likeness (QED) is 0.592. The van der Waals surface area contributed by atoms with E-state index in [1.54, 1.807) is 12.1 Å². The summed E-state index contributed by atoms with van der Waals surface area (Å²) in [5.41, 5.74) is 2.07. The Morgan fingerprint density at radius 3 is 2.93 bits per heavy atom. The van der Waals surface area contributed by atoms with Crippen LogP contribution in [-0.4, -0.2) is 17.0 Å². The Bertz CT molecular complexity index is 504. The summed E-state index contributed by atoms with van der Waals surface area (Å²) in [7, 11) is 1.86. The number of nitro benzene ring substituents is 1. The van der Waals surface area contributed by atoms with Crippen molar-refractivity contribution >= 4 is 16.6 Å². The summed E-state index contributed by atoms with van der Waals surface area (Å²) in [4.78, 5) is 13.4. The Morgan fingerprint density at radius 1 is 1.47 bits per heavy atom. The van der Waals surface area contributed by atoms with Crippen LogP contribution in [-0.2, 0) is 6.54 Å². The molecule has 0 radical (unpaired) electrons. The van der Waals surface area contributed by atoms with Crippen LogP contribution in [0.15, 0.2) is 24.3 Å². The van der Waals surface area contributed by atoms with Crippen LogP contribution in [0.4, 0.5) is 5.69 Å². The van der Waals surface area contributed by atoms with E-state index in [1.807, 2.05) is 13.1 Å². The number of non-ortho nitro benzene ring substituents is 1. The zero-order valence-corrected chi connectivity index (χ0v) is 8.28. The molecule has 1 aromatic heterocycles. The number of aromatic amines is 1. The number of rotatable bonds is 3. The fourth-order valence-corrected chi connectivity index (χ4v) is 1.58. The number of aromatic nitrogens is 1. The molecule has 1 aromatic carbocycles. The van der Waals surface area contributed by atoms with Crippen molar-refractivity contribution in [2.75, 3.05) is 7.05 Å². The van der Waals surface area contributed by atoms with Gasteiger partial charge in [-0.3, -0.25) is 10.1 Å². The highest BCUT2D eigenvalue weighted by Gasteiger charge is 2.07. The van der Waals surface area contributed by atoms with Gasteiger partial charge in [-0.2, -0.15) is 0 Å². The highest BCUT2D eigenvalue weighted by atomic mass is 16.6. The lowest BCUT2D eigenvalue weighted by atomic mass is 10.2. The van der Waals surface area contributed by atoms with E-state index in [4.69, 9.17) is 0 Å². The lowest BCUT2D eigenvalue weighted by Crippen LogP contribution is -2.04. The molecule has 0 bridgehead atoms. The third kappa shape index (κ3) is 1.82. The van der Waals surface area contributed by atoms with E-state index >= 15 is 0 Å². The first-order valence-electron chi connectivity index (χ1n) is 4.61. The minimum atomic E-state index is -0.385. The predicted molar refractivity (Wildman–Crippen MR) is 57.7 cm³/mol. The second-order valence-electron chi connectivity index (χ2n) is 3.35. The maximum atomic E-state index is 10.6. The van der Waals surface area contributed by atoms with Crippen molar-refractivity contribution in [1.29, 1.82) is 0 Å². The van der Waals surface area contributed by atoms with E-state index in [-0.39, 0.29) is 10.6 Å². The third-order valence-electron chi connectivity index (χ3n) is 2.24. The van der Waals surface area contributed by atoms with Crippen molar-refractivity contribution in [3.8, 4) is 0 Å². The maximum absolute atomic E-state index is 10.6. The molecular weight excluding hydrogens is 194 g/mol. The van der Waals surface area contributed by atoms with Gasteiger partial charge < -0.3 is 10.3 Å². The molecule has 0 unspecified atom stereocenters. The monoisotopic (exact) mass is 205 g/mol. The topological polar surface area (TPSA) is 71.0 Å². The number of fused-ring (bicyclic) bond motifs is 1. The van der Waals surface area contributed by atoms with E-state index < -0.39 is 0 Å². The number of nitrogens with one attached hydrogen (secondary N) is 2. The molecular formula is C10H11N3O2. The van der Waals surface area contributed by atoms with Gasteiger partial charge in [-0.1, -0.05) is 0 Å². The molecule has 5 heteroatoms. The zero-order chi connectivity index (χ0) is 10.8. The van der Waals surface area contributed by atoms with Gasteiger partial charge in [0.2, 0.25) is 0 Å². The first kappa shape index (κ1) is 9.67. The number of nitro groups is 1. The molecule has 15 heavy (non-hydrogen) atoms. The average molecular weight is 205 g/mol. The number of hydrogen-bond donors (Lipinski definition) is 2. The molecule has 0 aliphatic carbocycles. The molecule has 0 spiro atoms. The van der Waals surface area contributed by atoms with E-state index in [2.05, 4.69) is 10.3 Å². The molecule has 0 aliphatic heterocycles. The fourth-order valence-electron chi connectivity index (χ4n) is 1.58. The summed E-state index contributed by atoms with van der Waals surface area (Å²) in [5, 5.41) is 14.4. The number of H-pyrrole nitrogens is 1. The van der Waals surface area contributed by atoms with Gasteiger partial charge in [-0.25, -0.2) is 0 Å². The molecule has 0 fully saturated rings. The van der Waals surface area contributed by atoms with Crippen molar-refractivity contribution in [1.82, 2.24) is 10.3 Å². The van der Waals surface area contributed by atoms with Crippen LogP contribution in [0.25, 0.3) is 10.9 Å². The summed E-state index contributed by atoms with van der Waals surface area (Å²) in [6.45, 7) is 0.725. The van der Waals surface area contributed by atoms with Gasteiger partial charge in [0, 0.05) is 35.3 Å². The van der Waals surface area contributed by atoms with Crippen LogP contribution < -0.4 is 5.32 Å². The average Bonchev–Trinajstić information content (AvgIpc) is 2.59. The van der Waals surface area contributed by atoms with E-state index in [9.17, 15) is 10.1 Å². The maximum Gasteiger partial charge on any atom is 0.270 e. The van der Waals surface area contributed by atoms with Crippen LogP contribution in [0.5, 0.6) is 0 Å². The zero-order valence-electron chi connectivity index (χ0n) is 8.28. The molecule has 2 aromatic rings. The van der Waals surface area contributed by atoms with Gasteiger partial charge in [-0.05, 0) is 19.2 Å². The largest absolute Gasteiger partial charge is 0.357 e. The molecule has 0 aliphatic rings. The first-order chi connectivity index (χ1) is 7.20. The molecule has 1 heterocycles. The van der Waals surface area contributed by atoms with E-state index in [1.165, 1.54) is 6.07 Å². The second-order valence-corrected chi connectivity index (χ2v) is 3.35. The van der Waals surface area contributed by atoms with Gasteiger partial charge in [0.1, 0.15) is 0 Å². The number of nitrogens with zero attached hydrogens (tertiary/aromatic N) is 1. The predicted octanol–water partition coefficient (Wildman–Crippen LogP) is 1.80. The van der Waals surface area contributed by atoms with Crippen LogP contribution in [0, 0.1) is 10.1 Å². The summed E-state index contributed by atoms with van der Waals surface area (Å²) in [6.07, 6.45) is 0. The van der Waals surface area contributed by atoms with Gasteiger partial charge in [0.25, 0.3) is 5.69 Å². The highest BCUT2D eigenvalue weighted by molar-refractivity contribution is 5.82. The number of benzene rings is 1. The van der Waals surface area contributed by atoms with Crippen LogP contribution in [0.1, 0.15) is 5.69 Å². The smallest absolute Gasteiger partial charge is 0.270 e. The standard InChI is InChI=1S/C10H11N3O2/c1-11-6-8-4-7-5-9(13(14)15)2-3-10(7)12-8/h2-5,11-12H,6H2,1H3. The Kier molecular flexibility index (Phi) is 2.39. The van der Waals surface area contributed by atoms with Crippen molar-refractivity contribution in [3.63, 3.8) is 0 Å². The van der Waals surface area contributed by atoms with Gasteiger partial charge >= 0.3 is 0 Å². The summed E-state index contributed by atoms with van der Waals surface area (Å²) < 4.78 is 0. The molecule has 0 amide bonds. The van der Waals surface area contributed by atoms with Crippen LogP contribution in [0.2, 0.25) is 0 Å². The first-order valence-corrected chi connectivity index (χ1v) is 4.61. The lowest BCUT2D eigenvalue weighted by Gasteiger charge is -1.92. The Hall–Kier alpha value is -1.88. The summed E-state index contributed by atoms with van der Waals surface area (Å²) >= 11 is 0. The minimum Gasteiger partial charge on any atom is -0.357 e. The van der Waals surface area contributed by atoms with E-state index in [0.29, 0.717) is 0 Å². The molecule has 5 nitrogen and oxygen atoms in total. The van der Waals surface area contributed by atoms with Crippen molar-refractivity contribution in [3.05, 3.63) is 40.1 Å². The highest BCUT2D eigenvalue weighted by Crippen LogP contribution is 2.21. The fraction of sp³-hybridized carbons (Fsp3) is 0.200. The van der Waals surface area contributed by atoms with E-state index in [0.717, 1.165) is 23.1 Å². The lowest BCUT2D eigenvalue weighted by molar-refractivity contribution is -0.384. The van der Waals surface area contributed by atoms with Crippen LogP contribution >= 0.6 is 0 Å². The minimum absolute atomic E-state index is 0.123. The molecule has 2 rings (SSSR count). The molecule has 0 atom stereocenters. The van der Waals surface area contributed by atoms with Gasteiger partial charge in [-0.15, -0.1) is 0 Å². The third-order valence-corrected chi connectivity index (χ3v) is 2.24. The normalized spacial score (nSPS) is 10.7. The van der Waals surface area contributed by atoms with Crippen molar-refractivity contribution in [2.45, 2.75) is 6.54 Å². The van der Waals surface area contributed by atoms with Crippen molar-refractivity contribution < 1.29 is 4.92 Å². The second kappa shape index (κ2) is 3.70. The van der Waals surface area contributed by atoms with Crippen LogP contribution in [0.3, 0.4) is 0 Å². The number of hydrogen-bond acceptors (Lipinski definition) is 3. The van der Waals surface area contributed by atoms with Gasteiger partial charge in [0.15, 0.2) is 0 Å². The summed E-state index contributed by atoms with van der Waals surface area (Å²) in [6, 6.07) is 6.72. The Balaban J connectivity index is 2.47. The SMILES string of the molecule is CNCc1cc2cc([N+](=O)[O-])ccc2[nH]1. The molecule has 78 valence electrons. The Morgan fingerprint density at radius 2 is 2.27 bits per heavy atom.